The van der Waals surface area contributed by atoms with Crippen molar-refractivity contribution in [2.75, 3.05) is 12.3 Å². The summed E-state index contributed by atoms with van der Waals surface area (Å²) in [4.78, 5) is 18.7. The first kappa shape index (κ1) is 12.0. The van der Waals surface area contributed by atoms with E-state index < -0.39 is 0 Å². The third kappa shape index (κ3) is 2.11. The Morgan fingerprint density at radius 1 is 1.33 bits per heavy atom. The Hall–Kier alpha value is -1.10. The number of carbonyl (C=O) groups is 1. The molecule has 5 heteroatoms. The van der Waals surface area contributed by atoms with Gasteiger partial charge in [0.05, 0.1) is 0 Å². The quantitative estimate of drug-likeness (QED) is 0.848. The van der Waals surface area contributed by atoms with Crippen molar-refractivity contribution in [2.45, 2.75) is 44.6 Å². The van der Waals surface area contributed by atoms with Crippen LogP contribution in [-0.4, -0.2) is 28.4 Å². The SMILES string of the molecule is Nc1nc(C(=O)N2CCC[C@H]3CCCC[C@H]32)cs1. The van der Waals surface area contributed by atoms with E-state index in [-0.39, 0.29) is 5.91 Å². The van der Waals surface area contributed by atoms with Gasteiger partial charge in [-0.25, -0.2) is 4.98 Å². The molecule has 1 aliphatic carbocycles. The fourth-order valence-electron chi connectivity index (χ4n) is 3.41. The summed E-state index contributed by atoms with van der Waals surface area (Å²) >= 11 is 1.35. The van der Waals surface area contributed by atoms with E-state index in [1.54, 1.807) is 5.38 Å². The second-order valence-corrected chi connectivity index (χ2v) is 6.21. The maximum absolute atomic E-state index is 12.5. The number of hydrogen-bond acceptors (Lipinski definition) is 4. The van der Waals surface area contributed by atoms with Gasteiger partial charge < -0.3 is 10.6 Å². The normalized spacial score (nSPS) is 27.9. The van der Waals surface area contributed by atoms with Gasteiger partial charge in [0, 0.05) is 18.0 Å². The molecule has 1 aromatic rings. The van der Waals surface area contributed by atoms with Crippen molar-refractivity contribution >= 4 is 22.4 Å². The molecule has 1 saturated carbocycles. The second-order valence-electron chi connectivity index (χ2n) is 5.32. The van der Waals surface area contributed by atoms with E-state index in [1.165, 1.54) is 37.0 Å². The Kier molecular flexibility index (Phi) is 3.24. The third-order valence-electron chi connectivity index (χ3n) is 4.25. The Morgan fingerprint density at radius 2 is 2.11 bits per heavy atom. The van der Waals surface area contributed by atoms with E-state index in [0.29, 0.717) is 22.8 Å². The fraction of sp³-hybridized carbons (Fsp3) is 0.692. The maximum atomic E-state index is 12.5. The molecule has 2 fully saturated rings. The molecule has 98 valence electrons. The zero-order valence-electron chi connectivity index (χ0n) is 10.5. The standard InChI is InChI=1S/C13H19N3OS/c14-13-15-10(8-18-13)12(17)16-7-3-5-9-4-1-2-6-11(9)16/h8-9,11H,1-7H2,(H2,14,15)/t9-,11-/m1/s1. The fourth-order valence-corrected chi connectivity index (χ4v) is 3.95. The highest BCUT2D eigenvalue weighted by Gasteiger charge is 2.36. The van der Waals surface area contributed by atoms with Crippen LogP contribution in [0, 0.1) is 5.92 Å². The molecule has 0 radical (unpaired) electrons. The average molecular weight is 265 g/mol. The van der Waals surface area contributed by atoms with Crippen LogP contribution in [0.3, 0.4) is 0 Å². The zero-order chi connectivity index (χ0) is 12.5. The number of nitrogens with two attached hydrogens (primary N) is 1. The minimum Gasteiger partial charge on any atom is -0.375 e. The second kappa shape index (κ2) is 4.88. The van der Waals surface area contributed by atoms with Gasteiger partial charge in [-0.05, 0) is 31.6 Å². The number of piperidine rings is 1. The molecule has 1 aliphatic heterocycles. The topological polar surface area (TPSA) is 59.2 Å². The van der Waals surface area contributed by atoms with Crippen LogP contribution in [0.4, 0.5) is 5.13 Å². The number of carbonyl (C=O) groups excluding carboxylic acids is 1. The summed E-state index contributed by atoms with van der Waals surface area (Å²) < 4.78 is 0. The monoisotopic (exact) mass is 265 g/mol. The molecule has 0 spiro atoms. The molecular formula is C13H19N3OS. The number of likely N-dealkylation sites (tertiary alicyclic amines) is 1. The van der Waals surface area contributed by atoms with Crippen LogP contribution in [0.25, 0.3) is 0 Å². The zero-order valence-corrected chi connectivity index (χ0v) is 11.3. The van der Waals surface area contributed by atoms with Crippen molar-refractivity contribution in [2.24, 2.45) is 5.92 Å². The van der Waals surface area contributed by atoms with Crippen molar-refractivity contribution in [1.82, 2.24) is 9.88 Å². The average Bonchev–Trinajstić information content (AvgIpc) is 2.84. The summed E-state index contributed by atoms with van der Waals surface area (Å²) in [5.41, 5.74) is 6.15. The first-order valence-electron chi connectivity index (χ1n) is 6.77. The molecule has 1 saturated heterocycles. The lowest BCUT2D eigenvalue weighted by Crippen LogP contribution is -2.49. The highest BCUT2D eigenvalue weighted by molar-refractivity contribution is 7.13. The predicted molar refractivity (Wildman–Crippen MR) is 72.5 cm³/mol. The summed E-state index contributed by atoms with van der Waals surface area (Å²) in [7, 11) is 0. The van der Waals surface area contributed by atoms with Crippen LogP contribution in [-0.2, 0) is 0 Å². The molecule has 0 aromatic carbocycles. The van der Waals surface area contributed by atoms with Gasteiger partial charge in [-0.1, -0.05) is 12.8 Å². The molecule has 2 heterocycles. The van der Waals surface area contributed by atoms with Crippen molar-refractivity contribution in [3.63, 3.8) is 0 Å². The van der Waals surface area contributed by atoms with Crippen molar-refractivity contribution in [3.8, 4) is 0 Å². The number of aromatic nitrogens is 1. The molecule has 0 bridgehead atoms. The Bertz CT molecular complexity index is 443. The van der Waals surface area contributed by atoms with E-state index in [1.807, 2.05) is 0 Å². The lowest BCUT2D eigenvalue weighted by Gasteiger charge is -2.43. The van der Waals surface area contributed by atoms with Crippen molar-refractivity contribution < 1.29 is 4.79 Å². The first-order chi connectivity index (χ1) is 8.75. The Morgan fingerprint density at radius 3 is 2.89 bits per heavy atom. The van der Waals surface area contributed by atoms with Crippen LogP contribution in [0.5, 0.6) is 0 Å². The molecular weight excluding hydrogens is 246 g/mol. The van der Waals surface area contributed by atoms with Crippen LogP contribution < -0.4 is 5.73 Å². The number of nitrogens with zero attached hydrogens (tertiary/aromatic N) is 2. The number of nitrogen functional groups attached to an aromatic ring is 1. The van der Waals surface area contributed by atoms with Gasteiger partial charge in [0.25, 0.3) is 5.91 Å². The summed E-state index contributed by atoms with van der Waals surface area (Å²) in [6.45, 7) is 0.886. The van der Waals surface area contributed by atoms with E-state index in [4.69, 9.17) is 5.73 Å². The van der Waals surface area contributed by atoms with Gasteiger partial charge in [0.15, 0.2) is 5.13 Å². The van der Waals surface area contributed by atoms with Gasteiger partial charge in [0.2, 0.25) is 0 Å². The van der Waals surface area contributed by atoms with Crippen LogP contribution in [0.1, 0.15) is 49.0 Å². The Balaban J connectivity index is 1.79. The van der Waals surface area contributed by atoms with Crippen LogP contribution in [0.2, 0.25) is 0 Å². The molecule has 2 N–H and O–H groups in total. The molecule has 4 nitrogen and oxygen atoms in total. The summed E-state index contributed by atoms with van der Waals surface area (Å²) in [6, 6.07) is 0.447. The van der Waals surface area contributed by atoms with Gasteiger partial charge >= 0.3 is 0 Å². The molecule has 0 unspecified atom stereocenters. The predicted octanol–water partition coefficient (Wildman–Crippen LogP) is 2.52. The van der Waals surface area contributed by atoms with Gasteiger partial charge in [0.1, 0.15) is 5.69 Å². The Labute approximate surface area is 111 Å². The van der Waals surface area contributed by atoms with E-state index in [0.717, 1.165) is 19.4 Å². The van der Waals surface area contributed by atoms with E-state index in [2.05, 4.69) is 9.88 Å². The highest BCUT2D eigenvalue weighted by atomic mass is 32.1. The molecule has 18 heavy (non-hydrogen) atoms. The summed E-state index contributed by atoms with van der Waals surface area (Å²) in [5, 5.41) is 2.26. The van der Waals surface area contributed by atoms with E-state index >= 15 is 0 Å². The highest BCUT2D eigenvalue weighted by Crippen LogP contribution is 2.36. The minimum absolute atomic E-state index is 0.0829. The molecule has 2 atom stereocenters. The van der Waals surface area contributed by atoms with Gasteiger partial charge in [-0.2, -0.15) is 0 Å². The van der Waals surface area contributed by atoms with Crippen LogP contribution >= 0.6 is 11.3 Å². The van der Waals surface area contributed by atoms with Crippen LogP contribution in [0.15, 0.2) is 5.38 Å². The molecule has 3 rings (SSSR count). The van der Waals surface area contributed by atoms with Gasteiger partial charge in [-0.15, -0.1) is 11.3 Å². The minimum atomic E-state index is 0.0829. The largest absolute Gasteiger partial charge is 0.375 e. The van der Waals surface area contributed by atoms with Crippen molar-refractivity contribution in [3.05, 3.63) is 11.1 Å². The summed E-state index contributed by atoms with van der Waals surface area (Å²) in [6.07, 6.45) is 7.45. The van der Waals surface area contributed by atoms with Gasteiger partial charge in [-0.3, -0.25) is 4.79 Å². The number of amides is 1. The lowest BCUT2D eigenvalue weighted by atomic mass is 9.78. The maximum Gasteiger partial charge on any atom is 0.273 e. The number of thiazole rings is 1. The molecule has 1 amide bonds. The molecule has 1 aromatic heterocycles. The molecule has 2 aliphatic rings. The number of hydrogen-bond donors (Lipinski definition) is 1. The first-order valence-corrected chi connectivity index (χ1v) is 7.65. The number of fused-ring (bicyclic) bond motifs is 1. The smallest absolute Gasteiger partial charge is 0.273 e. The number of rotatable bonds is 1. The third-order valence-corrected chi connectivity index (χ3v) is 4.92. The number of anilines is 1. The summed E-state index contributed by atoms with van der Waals surface area (Å²) in [5.74, 6) is 0.798. The lowest BCUT2D eigenvalue weighted by molar-refractivity contribution is 0.0386. The van der Waals surface area contributed by atoms with E-state index in [9.17, 15) is 4.79 Å². The van der Waals surface area contributed by atoms with Crippen molar-refractivity contribution in [1.29, 1.82) is 0 Å².